The van der Waals surface area contributed by atoms with Crippen LogP contribution in [-0.2, 0) is 0 Å². The molecule has 0 nitrogen and oxygen atoms in total. The Morgan fingerprint density at radius 2 is 2.00 bits per heavy atom. The van der Waals surface area contributed by atoms with Crippen LogP contribution >= 0.6 is 0 Å². The predicted molar refractivity (Wildman–Crippen MR) is 61.9 cm³/mol. The molecule has 78 valence electrons. The summed E-state index contributed by atoms with van der Waals surface area (Å²) in [7, 11) is 0. The first-order valence-corrected chi connectivity index (χ1v) is 5.93. The third-order valence-electron chi connectivity index (χ3n) is 2.87. The molecular formula is C13H26. The molecule has 13 heavy (non-hydrogen) atoms. The van der Waals surface area contributed by atoms with Gasteiger partial charge in [0.1, 0.15) is 0 Å². The Balaban J connectivity index is 0.000000671. The molecule has 1 unspecified atom stereocenters. The van der Waals surface area contributed by atoms with Crippen LogP contribution in [0.5, 0.6) is 0 Å². The highest BCUT2D eigenvalue weighted by atomic mass is 14.2. The van der Waals surface area contributed by atoms with E-state index in [1.54, 1.807) is 5.57 Å². The molecule has 0 heterocycles. The standard InChI is InChI=1S/C11H20.C2H6/c1-4-10-5-7-11(8-6-10)9(2)3;1-2/h7,9-10H,4-6,8H2,1-3H3;1-2H3. The van der Waals surface area contributed by atoms with Gasteiger partial charge in [-0.3, -0.25) is 0 Å². The zero-order chi connectivity index (χ0) is 10.3. The van der Waals surface area contributed by atoms with E-state index in [2.05, 4.69) is 26.8 Å². The number of allylic oxidation sites excluding steroid dienone is 2. The zero-order valence-electron chi connectivity index (χ0n) is 10.1. The summed E-state index contributed by atoms with van der Waals surface area (Å²) < 4.78 is 0. The molecule has 0 aromatic carbocycles. The van der Waals surface area contributed by atoms with Crippen LogP contribution in [0.15, 0.2) is 11.6 Å². The third-order valence-corrected chi connectivity index (χ3v) is 2.87. The molecule has 0 aromatic rings. The Kier molecular flexibility index (Phi) is 7.03. The molecule has 0 amide bonds. The minimum absolute atomic E-state index is 0.785. The van der Waals surface area contributed by atoms with Gasteiger partial charge in [0.2, 0.25) is 0 Å². The van der Waals surface area contributed by atoms with Crippen LogP contribution in [0.1, 0.15) is 60.3 Å². The van der Waals surface area contributed by atoms with Crippen molar-refractivity contribution < 1.29 is 0 Å². The summed E-state index contributed by atoms with van der Waals surface area (Å²) in [4.78, 5) is 0. The fourth-order valence-corrected chi connectivity index (χ4v) is 1.80. The van der Waals surface area contributed by atoms with E-state index in [0.29, 0.717) is 0 Å². The predicted octanol–water partition coefficient (Wildman–Crippen LogP) is 4.81. The van der Waals surface area contributed by atoms with Gasteiger partial charge in [-0.15, -0.1) is 0 Å². The second-order valence-corrected chi connectivity index (χ2v) is 3.98. The highest BCUT2D eigenvalue weighted by Gasteiger charge is 2.13. The third kappa shape index (κ3) is 4.50. The van der Waals surface area contributed by atoms with E-state index in [0.717, 1.165) is 11.8 Å². The normalized spacial score (nSPS) is 22.0. The van der Waals surface area contributed by atoms with E-state index in [1.165, 1.54) is 25.7 Å². The van der Waals surface area contributed by atoms with Gasteiger partial charge in [-0.1, -0.05) is 52.7 Å². The summed E-state index contributed by atoms with van der Waals surface area (Å²) in [6.07, 6.45) is 7.96. The topological polar surface area (TPSA) is 0 Å². The molecule has 1 atom stereocenters. The molecule has 0 radical (unpaired) electrons. The zero-order valence-corrected chi connectivity index (χ0v) is 10.1. The van der Waals surface area contributed by atoms with Gasteiger partial charge in [0.15, 0.2) is 0 Å². The van der Waals surface area contributed by atoms with Crippen molar-refractivity contribution >= 4 is 0 Å². The summed E-state index contributed by atoms with van der Waals surface area (Å²) in [6, 6.07) is 0. The van der Waals surface area contributed by atoms with Crippen LogP contribution < -0.4 is 0 Å². The van der Waals surface area contributed by atoms with Gasteiger partial charge in [0.05, 0.1) is 0 Å². The van der Waals surface area contributed by atoms with Crippen LogP contribution in [0, 0.1) is 11.8 Å². The lowest BCUT2D eigenvalue weighted by atomic mass is 9.84. The van der Waals surface area contributed by atoms with E-state index in [9.17, 15) is 0 Å². The Hall–Kier alpha value is -0.260. The minimum atomic E-state index is 0.785. The fraction of sp³-hybridized carbons (Fsp3) is 0.846. The monoisotopic (exact) mass is 182 g/mol. The van der Waals surface area contributed by atoms with E-state index in [-0.39, 0.29) is 0 Å². The quantitative estimate of drug-likeness (QED) is 0.538. The summed E-state index contributed by atoms with van der Waals surface area (Å²) in [5, 5.41) is 0. The van der Waals surface area contributed by atoms with Gasteiger partial charge >= 0.3 is 0 Å². The van der Waals surface area contributed by atoms with Crippen LogP contribution in [0.2, 0.25) is 0 Å². The Morgan fingerprint density at radius 3 is 2.31 bits per heavy atom. The highest BCUT2D eigenvalue weighted by Crippen LogP contribution is 2.29. The van der Waals surface area contributed by atoms with Crippen molar-refractivity contribution in [2.75, 3.05) is 0 Å². The largest absolute Gasteiger partial charge is 0.0848 e. The summed E-state index contributed by atoms with van der Waals surface area (Å²) >= 11 is 0. The van der Waals surface area contributed by atoms with Gasteiger partial charge in [-0.25, -0.2) is 0 Å². The van der Waals surface area contributed by atoms with Gasteiger partial charge in [0, 0.05) is 0 Å². The molecule has 1 rings (SSSR count). The lowest BCUT2D eigenvalue weighted by Crippen LogP contribution is -2.07. The molecule has 0 aromatic heterocycles. The van der Waals surface area contributed by atoms with Crippen LogP contribution in [-0.4, -0.2) is 0 Å². The number of hydrogen-bond donors (Lipinski definition) is 0. The molecule has 0 bridgehead atoms. The van der Waals surface area contributed by atoms with Crippen LogP contribution in [0.4, 0.5) is 0 Å². The van der Waals surface area contributed by atoms with Crippen molar-refractivity contribution in [3.05, 3.63) is 11.6 Å². The Bertz CT molecular complexity index is 142. The lowest BCUT2D eigenvalue weighted by Gasteiger charge is -2.22. The van der Waals surface area contributed by atoms with Crippen molar-refractivity contribution in [2.45, 2.75) is 60.3 Å². The first-order chi connectivity index (χ1) is 6.24. The molecule has 1 aliphatic rings. The second kappa shape index (κ2) is 7.17. The van der Waals surface area contributed by atoms with E-state index >= 15 is 0 Å². The molecule has 1 aliphatic carbocycles. The average Bonchev–Trinajstić information content (AvgIpc) is 2.21. The average molecular weight is 182 g/mol. The van der Waals surface area contributed by atoms with Crippen molar-refractivity contribution in [3.63, 3.8) is 0 Å². The molecule has 0 fully saturated rings. The van der Waals surface area contributed by atoms with Crippen LogP contribution in [0.25, 0.3) is 0 Å². The molecule has 0 saturated carbocycles. The van der Waals surface area contributed by atoms with Gasteiger partial charge < -0.3 is 0 Å². The summed E-state index contributed by atoms with van der Waals surface area (Å²) in [5.74, 6) is 1.77. The Morgan fingerprint density at radius 1 is 1.38 bits per heavy atom. The van der Waals surface area contributed by atoms with E-state index in [4.69, 9.17) is 0 Å². The SMILES string of the molecule is CC.CCC1CC=C(C(C)C)CC1. The molecule has 0 saturated heterocycles. The molecule has 0 spiro atoms. The summed E-state index contributed by atoms with van der Waals surface area (Å²) in [5.41, 5.74) is 1.69. The maximum Gasteiger partial charge on any atom is -0.0260 e. The highest BCUT2D eigenvalue weighted by molar-refractivity contribution is 5.08. The number of rotatable bonds is 2. The molecule has 0 aliphatic heterocycles. The maximum atomic E-state index is 2.47. The van der Waals surface area contributed by atoms with Crippen molar-refractivity contribution in [1.29, 1.82) is 0 Å². The minimum Gasteiger partial charge on any atom is -0.0848 e. The van der Waals surface area contributed by atoms with Crippen molar-refractivity contribution in [1.82, 2.24) is 0 Å². The summed E-state index contributed by atoms with van der Waals surface area (Å²) in [6.45, 7) is 10.9. The lowest BCUT2D eigenvalue weighted by molar-refractivity contribution is 0.441. The Labute approximate surface area is 84.4 Å². The molecule has 0 N–H and O–H groups in total. The van der Waals surface area contributed by atoms with E-state index < -0.39 is 0 Å². The van der Waals surface area contributed by atoms with Crippen molar-refractivity contribution in [3.8, 4) is 0 Å². The fourth-order valence-electron chi connectivity index (χ4n) is 1.80. The van der Waals surface area contributed by atoms with Crippen LogP contribution in [0.3, 0.4) is 0 Å². The molecule has 0 heteroatoms. The first kappa shape index (κ1) is 12.7. The van der Waals surface area contributed by atoms with Gasteiger partial charge in [-0.2, -0.15) is 0 Å². The smallest absolute Gasteiger partial charge is 0.0260 e. The van der Waals surface area contributed by atoms with Gasteiger partial charge in [-0.05, 0) is 31.1 Å². The van der Waals surface area contributed by atoms with E-state index in [1.807, 2.05) is 13.8 Å². The van der Waals surface area contributed by atoms with Gasteiger partial charge in [0.25, 0.3) is 0 Å². The first-order valence-electron chi connectivity index (χ1n) is 5.93. The number of hydrogen-bond acceptors (Lipinski definition) is 0. The van der Waals surface area contributed by atoms with Crippen molar-refractivity contribution in [2.24, 2.45) is 11.8 Å². The maximum absolute atomic E-state index is 2.47. The molecular weight excluding hydrogens is 156 g/mol. The second-order valence-electron chi connectivity index (χ2n) is 3.98.